The van der Waals surface area contributed by atoms with E-state index in [-0.39, 0.29) is 12.3 Å². The minimum Gasteiger partial charge on any atom is -0.382 e. The van der Waals surface area contributed by atoms with Gasteiger partial charge in [-0.15, -0.1) is 0 Å². The molecule has 0 aromatic carbocycles. The van der Waals surface area contributed by atoms with Crippen LogP contribution in [0.4, 0.5) is 0 Å². The van der Waals surface area contributed by atoms with Gasteiger partial charge in [-0.2, -0.15) is 0 Å². The van der Waals surface area contributed by atoms with Gasteiger partial charge in [0.15, 0.2) is 0 Å². The van der Waals surface area contributed by atoms with Crippen LogP contribution in [0.25, 0.3) is 0 Å². The molecule has 0 bridgehead atoms. The molecule has 0 aliphatic rings. The Hall–Kier alpha value is -1.14. The van der Waals surface area contributed by atoms with Crippen molar-refractivity contribution in [2.24, 2.45) is 11.5 Å². The molecule has 0 aromatic heterocycles. The number of rotatable bonds is 8. The van der Waals surface area contributed by atoms with Crippen molar-refractivity contribution in [3.63, 3.8) is 0 Å². The maximum atomic E-state index is 11.2. The second-order valence-corrected chi connectivity index (χ2v) is 3.12. The summed E-state index contributed by atoms with van der Waals surface area (Å²) in [5.41, 5.74) is 10.3. The summed E-state index contributed by atoms with van der Waals surface area (Å²) in [5.74, 6) is -0.933. The number of amides is 2. The van der Waals surface area contributed by atoms with Gasteiger partial charge in [-0.25, -0.2) is 0 Å². The Morgan fingerprint density at radius 1 is 1.47 bits per heavy atom. The van der Waals surface area contributed by atoms with Crippen molar-refractivity contribution in [1.82, 2.24) is 5.32 Å². The van der Waals surface area contributed by atoms with Gasteiger partial charge in [0.1, 0.15) is 0 Å². The predicted molar refractivity (Wildman–Crippen MR) is 55.9 cm³/mol. The lowest BCUT2D eigenvalue weighted by Gasteiger charge is -2.10. The zero-order chi connectivity index (χ0) is 11.7. The normalized spacial score (nSPS) is 12.1. The van der Waals surface area contributed by atoms with Crippen molar-refractivity contribution in [3.8, 4) is 0 Å². The first-order chi connectivity index (χ1) is 7.07. The van der Waals surface area contributed by atoms with Crippen LogP contribution in [-0.2, 0) is 14.3 Å². The summed E-state index contributed by atoms with van der Waals surface area (Å²) >= 11 is 0. The Kier molecular flexibility index (Phi) is 7.57. The molecule has 6 heteroatoms. The topological polar surface area (TPSA) is 107 Å². The van der Waals surface area contributed by atoms with Crippen LogP contribution < -0.4 is 16.8 Å². The van der Waals surface area contributed by atoms with Crippen LogP contribution in [0.3, 0.4) is 0 Å². The molecule has 0 radical (unpaired) electrons. The van der Waals surface area contributed by atoms with Crippen LogP contribution >= 0.6 is 0 Å². The van der Waals surface area contributed by atoms with E-state index in [4.69, 9.17) is 16.2 Å². The summed E-state index contributed by atoms with van der Waals surface area (Å²) in [6, 6.07) is -0.852. The summed E-state index contributed by atoms with van der Waals surface area (Å²) in [5, 5.41) is 2.59. The molecule has 1 atom stereocenters. The molecule has 0 fully saturated rings. The van der Waals surface area contributed by atoms with Gasteiger partial charge in [-0.3, -0.25) is 9.59 Å². The first-order valence-electron chi connectivity index (χ1n) is 4.97. The van der Waals surface area contributed by atoms with Crippen molar-refractivity contribution in [1.29, 1.82) is 0 Å². The quantitative estimate of drug-likeness (QED) is 0.441. The minimum absolute atomic E-state index is 0.128. The van der Waals surface area contributed by atoms with Crippen molar-refractivity contribution in [3.05, 3.63) is 0 Å². The standard InChI is InChI=1S/C9H19N3O3/c1-2-15-5-3-4-12-9(14)7(10)6-8(11)13/h7H,2-6,10H2,1H3,(H2,11,13)(H,12,14). The van der Waals surface area contributed by atoms with Crippen LogP contribution in [0, 0.1) is 0 Å². The average molecular weight is 217 g/mol. The molecule has 15 heavy (non-hydrogen) atoms. The number of carbonyl (C=O) groups is 2. The maximum Gasteiger partial charge on any atom is 0.237 e. The van der Waals surface area contributed by atoms with Gasteiger partial charge in [0.05, 0.1) is 12.5 Å². The number of hydrogen-bond donors (Lipinski definition) is 3. The molecule has 0 heterocycles. The van der Waals surface area contributed by atoms with Crippen molar-refractivity contribution in [2.75, 3.05) is 19.8 Å². The fourth-order valence-corrected chi connectivity index (χ4v) is 0.971. The molecule has 0 aliphatic heterocycles. The van der Waals surface area contributed by atoms with Crippen molar-refractivity contribution >= 4 is 11.8 Å². The number of hydrogen-bond acceptors (Lipinski definition) is 4. The molecule has 0 saturated carbocycles. The van der Waals surface area contributed by atoms with Crippen molar-refractivity contribution < 1.29 is 14.3 Å². The van der Waals surface area contributed by atoms with Gasteiger partial charge < -0.3 is 21.5 Å². The second-order valence-electron chi connectivity index (χ2n) is 3.12. The molecular formula is C9H19N3O3. The number of nitrogens with one attached hydrogen (secondary N) is 1. The summed E-state index contributed by atoms with van der Waals surface area (Å²) < 4.78 is 5.08. The Morgan fingerprint density at radius 2 is 2.13 bits per heavy atom. The summed E-state index contributed by atoms with van der Waals surface area (Å²) in [6.07, 6.45) is 0.597. The summed E-state index contributed by atoms with van der Waals surface area (Å²) in [7, 11) is 0. The molecule has 5 N–H and O–H groups in total. The third-order valence-electron chi connectivity index (χ3n) is 1.73. The average Bonchev–Trinajstić information content (AvgIpc) is 2.16. The van der Waals surface area contributed by atoms with Crippen LogP contribution in [0.2, 0.25) is 0 Å². The molecule has 0 aromatic rings. The first kappa shape index (κ1) is 13.9. The maximum absolute atomic E-state index is 11.2. The zero-order valence-corrected chi connectivity index (χ0v) is 8.99. The molecule has 0 spiro atoms. The monoisotopic (exact) mass is 217 g/mol. The molecule has 0 aliphatic carbocycles. The minimum atomic E-state index is -0.852. The SMILES string of the molecule is CCOCCCNC(=O)C(N)CC(N)=O. The fraction of sp³-hybridized carbons (Fsp3) is 0.778. The van der Waals surface area contributed by atoms with Gasteiger partial charge in [-0.1, -0.05) is 0 Å². The fourth-order valence-electron chi connectivity index (χ4n) is 0.971. The third-order valence-corrected chi connectivity index (χ3v) is 1.73. The summed E-state index contributed by atoms with van der Waals surface area (Å²) in [4.78, 5) is 21.7. The summed E-state index contributed by atoms with van der Waals surface area (Å²) in [6.45, 7) is 3.66. The highest BCUT2D eigenvalue weighted by molar-refractivity contribution is 5.87. The number of carbonyl (C=O) groups excluding carboxylic acids is 2. The Labute approximate surface area is 89.3 Å². The highest BCUT2D eigenvalue weighted by Gasteiger charge is 2.14. The molecule has 2 amide bonds. The smallest absolute Gasteiger partial charge is 0.237 e. The highest BCUT2D eigenvalue weighted by Crippen LogP contribution is 1.87. The lowest BCUT2D eigenvalue weighted by Crippen LogP contribution is -2.43. The molecule has 1 unspecified atom stereocenters. The van der Waals surface area contributed by atoms with Gasteiger partial charge in [0.25, 0.3) is 0 Å². The van der Waals surface area contributed by atoms with Gasteiger partial charge in [-0.05, 0) is 13.3 Å². The molecule has 6 nitrogen and oxygen atoms in total. The van der Waals surface area contributed by atoms with E-state index >= 15 is 0 Å². The number of primary amides is 1. The van der Waals surface area contributed by atoms with E-state index in [9.17, 15) is 9.59 Å². The van der Waals surface area contributed by atoms with Crippen molar-refractivity contribution in [2.45, 2.75) is 25.8 Å². The van der Waals surface area contributed by atoms with E-state index in [1.807, 2.05) is 6.92 Å². The first-order valence-corrected chi connectivity index (χ1v) is 4.97. The van der Waals surface area contributed by atoms with Crippen LogP contribution in [-0.4, -0.2) is 37.6 Å². The van der Waals surface area contributed by atoms with E-state index in [0.717, 1.165) is 6.42 Å². The molecular weight excluding hydrogens is 198 g/mol. The van der Waals surface area contributed by atoms with E-state index < -0.39 is 11.9 Å². The Bertz CT molecular complexity index is 209. The van der Waals surface area contributed by atoms with E-state index in [1.165, 1.54) is 0 Å². The van der Waals surface area contributed by atoms with Crippen LogP contribution in [0.1, 0.15) is 19.8 Å². The molecule has 0 rings (SSSR count). The zero-order valence-electron chi connectivity index (χ0n) is 8.99. The Morgan fingerprint density at radius 3 is 2.67 bits per heavy atom. The van der Waals surface area contributed by atoms with E-state index in [1.54, 1.807) is 0 Å². The largest absolute Gasteiger partial charge is 0.382 e. The highest BCUT2D eigenvalue weighted by atomic mass is 16.5. The van der Waals surface area contributed by atoms with Gasteiger partial charge in [0, 0.05) is 19.8 Å². The van der Waals surface area contributed by atoms with E-state index in [2.05, 4.69) is 5.32 Å². The number of ether oxygens (including phenoxy) is 1. The van der Waals surface area contributed by atoms with Gasteiger partial charge >= 0.3 is 0 Å². The lowest BCUT2D eigenvalue weighted by atomic mass is 10.2. The lowest BCUT2D eigenvalue weighted by molar-refractivity contribution is -0.126. The van der Waals surface area contributed by atoms with E-state index in [0.29, 0.717) is 19.8 Å². The predicted octanol–water partition coefficient (Wildman–Crippen LogP) is -1.27. The third kappa shape index (κ3) is 7.90. The van der Waals surface area contributed by atoms with Crippen LogP contribution in [0.5, 0.6) is 0 Å². The molecule has 0 saturated heterocycles. The molecule has 88 valence electrons. The van der Waals surface area contributed by atoms with Gasteiger partial charge in [0.2, 0.25) is 11.8 Å². The van der Waals surface area contributed by atoms with Crippen LogP contribution in [0.15, 0.2) is 0 Å². The Balaban J connectivity index is 3.51. The number of nitrogens with two attached hydrogens (primary N) is 2. The second kappa shape index (κ2) is 8.19.